The first-order valence-corrected chi connectivity index (χ1v) is 7.97. The minimum absolute atomic E-state index is 0.309. The molecule has 0 aliphatic carbocycles. The minimum Gasteiger partial charge on any atom is -0.338 e. The second-order valence-electron chi connectivity index (χ2n) is 5.73. The van der Waals surface area contributed by atoms with Gasteiger partial charge in [-0.05, 0) is 36.2 Å². The number of pyridine rings is 1. The summed E-state index contributed by atoms with van der Waals surface area (Å²) < 4.78 is 37.6. The molecule has 3 aromatic rings. The van der Waals surface area contributed by atoms with E-state index >= 15 is 0 Å². The van der Waals surface area contributed by atoms with Gasteiger partial charge in [0.2, 0.25) is 0 Å². The molecule has 2 aromatic carbocycles. The number of alkyl halides is 3. The summed E-state index contributed by atoms with van der Waals surface area (Å²) in [6, 6.07) is 11.9. The van der Waals surface area contributed by atoms with Crippen molar-refractivity contribution in [3.05, 3.63) is 72.1 Å². The maximum absolute atomic E-state index is 12.5. The highest BCUT2D eigenvalue weighted by molar-refractivity contribution is 6.01. The average Bonchev–Trinajstić information content (AvgIpc) is 2.62. The molecule has 0 bridgehead atoms. The third kappa shape index (κ3) is 4.30. The summed E-state index contributed by atoms with van der Waals surface area (Å²) in [7, 11) is 0. The lowest BCUT2D eigenvalue weighted by atomic mass is 10.1. The van der Waals surface area contributed by atoms with Crippen LogP contribution >= 0.6 is 0 Å². The molecule has 4 nitrogen and oxygen atoms in total. The van der Waals surface area contributed by atoms with Crippen molar-refractivity contribution in [2.24, 2.45) is 0 Å². The number of fused-ring (bicyclic) bond motifs is 1. The van der Waals surface area contributed by atoms with Crippen LogP contribution in [0.3, 0.4) is 0 Å². The molecule has 7 heteroatoms. The van der Waals surface area contributed by atoms with Crippen molar-refractivity contribution in [3.8, 4) is 0 Å². The Labute approximate surface area is 148 Å². The molecule has 2 N–H and O–H groups in total. The van der Waals surface area contributed by atoms with Crippen LogP contribution in [0.25, 0.3) is 10.8 Å². The van der Waals surface area contributed by atoms with Crippen LogP contribution in [0, 0.1) is 0 Å². The second kappa shape index (κ2) is 7.43. The summed E-state index contributed by atoms with van der Waals surface area (Å²) >= 11 is 0. The zero-order chi connectivity index (χ0) is 18.6. The molecule has 0 spiro atoms. The molecule has 3 rings (SSSR count). The van der Waals surface area contributed by atoms with Gasteiger partial charge in [-0.1, -0.05) is 24.3 Å². The van der Waals surface area contributed by atoms with Gasteiger partial charge in [-0.3, -0.25) is 4.98 Å². The Bertz CT molecular complexity index is 903. The Morgan fingerprint density at radius 2 is 1.81 bits per heavy atom. The molecule has 0 aliphatic heterocycles. The van der Waals surface area contributed by atoms with Gasteiger partial charge in [0.05, 0.1) is 11.3 Å². The summed E-state index contributed by atoms with van der Waals surface area (Å²) in [6.07, 6.45) is -0.547. The number of nitrogens with one attached hydrogen (secondary N) is 2. The largest absolute Gasteiger partial charge is 0.416 e. The Morgan fingerprint density at radius 3 is 2.54 bits per heavy atom. The number of carbonyl (C=O) groups is 1. The molecule has 0 saturated carbocycles. The zero-order valence-corrected chi connectivity index (χ0v) is 13.7. The monoisotopic (exact) mass is 359 g/mol. The molecular formula is C19H16F3N3O. The Balaban J connectivity index is 1.54. The van der Waals surface area contributed by atoms with Crippen LogP contribution < -0.4 is 10.6 Å². The van der Waals surface area contributed by atoms with Crippen molar-refractivity contribution in [2.75, 3.05) is 11.9 Å². The number of rotatable bonds is 4. The van der Waals surface area contributed by atoms with E-state index in [9.17, 15) is 18.0 Å². The van der Waals surface area contributed by atoms with Gasteiger partial charge < -0.3 is 10.6 Å². The smallest absolute Gasteiger partial charge is 0.338 e. The second-order valence-corrected chi connectivity index (χ2v) is 5.73. The maximum Gasteiger partial charge on any atom is 0.416 e. The molecule has 0 fully saturated rings. The van der Waals surface area contributed by atoms with E-state index in [2.05, 4.69) is 15.6 Å². The number of halogens is 3. The van der Waals surface area contributed by atoms with Crippen LogP contribution in [0.15, 0.2) is 60.9 Å². The maximum atomic E-state index is 12.5. The fraction of sp³-hybridized carbons (Fsp3) is 0.158. The molecule has 0 radical (unpaired) electrons. The number of nitrogens with zero attached hydrogens (tertiary/aromatic N) is 1. The third-order valence-corrected chi connectivity index (χ3v) is 3.91. The van der Waals surface area contributed by atoms with E-state index < -0.39 is 11.7 Å². The summed E-state index contributed by atoms with van der Waals surface area (Å²) in [5, 5.41) is 7.26. The zero-order valence-electron chi connectivity index (χ0n) is 13.7. The number of carbonyl (C=O) groups excluding carboxylic acids is 1. The van der Waals surface area contributed by atoms with Crippen LogP contribution in [-0.4, -0.2) is 17.6 Å². The van der Waals surface area contributed by atoms with Crippen LogP contribution in [-0.2, 0) is 12.6 Å². The lowest BCUT2D eigenvalue weighted by Crippen LogP contribution is -2.30. The normalized spacial score (nSPS) is 11.3. The Morgan fingerprint density at radius 1 is 1.04 bits per heavy atom. The first-order chi connectivity index (χ1) is 12.4. The topological polar surface area (TPSA) is 54.0 Å². The van der Waals surface area contributed by atoms with Crippen LogP contribution in [0.5, 0.6) is 0 Å². The van der Waals surface area contributed by atoms with E-state index in [-0.39, 0.29) is 6.03 Å². The van der Waals surface area contributed by atoms with Gasteiger partial charge in [0, 0.05) is 29.7 Å². The van der Waals surface area contributed by atoms with Crippen LogP contribution in [0.4, 0.5) is 23.7 Å². The highest BCUT2D eigenvalue weighted by Gasteiger charge is 2.29. The predicted molar refractivity (Wildman–Crippen MR) is 93.9 cm³/mol. The first-order valence-electron chi connectivity index (χ1n) is 7.97. The van der Waals surface area contributed by atoms with E-state index in [1.807, 2.05) is 18.2 Å². The summed E-state index contributed by atoms with van der Waals surface area (Å²) in [6.45, 7) is 0.309. The number of hydrogen-bond acceptors (Lipinski definition) is 2. The summed E-state index contributed by atoms with van der Waals surface area (Å²) in [5.41, 5.74) is 0.698. The van der Waals surface area contributed by atoms with Crippen molar-refractivity contribution >= 4 is 22.5 Å². The van der Waals surface area contributed by atoms with Crippen LogP contribution in [0.2, 0.25) is 0 Å². The van der Waals surface area contributed by atoms with E-state index in [1.165, 1.54) is 12.1 Å². The summed E-state index contributed by atoms with van der Waals surface area (Å²) in [4.78, 5) is 16.1. The number of amides is 2. The van der Waals surface area contributed by atoms with Crippen molar-refractivity contribution < 1.29 is 18.0 Å². The SMILES string of the molecule is O=C(NCCc1ccc(C(F)(F)F)cc1)Nc1cccc2cnccc12. The van der Waals surface area contributed by atoms with Crippen molar-refractivity contribution in [1.29, 1.82) is 0 Å². The molecule has 0 aliphatic rings. The minimum atomic E-state index is -4.34. The number of aromatic nitrogens is 1. The number of hydrogen-bond donors (Lipinski definition) is 2. The number of benzene rings is 2. The molecule has 26 heavy (non-hydrogen) atoms. The van der Waals surface area contributed by atoms with E-state index in [4.69, 9.17) is 0 Å². The Kier molecular flexibility index (Phi) is 5.06. The van der Waals surface area contributed by atoms with Crippen molar-refractivity contribution in [2.45, 2.75) is 12.6 Å². The van der Waals surface area contributed by atoms with Gasteiger partial charge in [-0.2, -0.15) is 13.2 Å². The summed E-state index contributed by atoms with van der Waals surface area (Å²) in [5.74, 6) is 0. The molecule has 2 amide bonds. The molecule has 134 valence electrons. The fourth-order valence-corrected chi connectivity index (χ4v) is 2.58. The third-order valence-electron chi connectivity index (χ3n) is 3.91. The quantitative estimate of drug-likeness (QED) is 0.714. The van der Waals surface area contributed by atoms with Crippen molar-refractivity contribution in [3.63, 3.8) is 0 Å². The molecule has 0 unspecified atom stereocenters. The van der Waals surface area contributed by atoms with Gasteiger partial charge in [0.15, 0.2) is 0 Å². The average molecular weight is 359 g/mol. The Hall–Kier alpha value is -3.09. The molecule has 0 saturated heterocycles. The van der Waals surface area contributed by atoms with Gasteiger partial charge in [-0.15, -0.1) is 0 Å². The predicted octanol–water partition coefficient (Wildman–Crippen LogP) is 4.62. The van der Waals surface area contributed by atoms with E-state index in [0.717, 1.165) is 28.5 Å². The highest BCUT2D eigenvalue weighted by Crippen LogP contribution is 2.29. The van der Waals surface area contributed by atoms with E-state index in [1.54, 1.807) is 18.5 Å². The van der Waals surface area contributed by atoms with E-state index in [0.29, 0.717) is 18.7 Å². The highest BCUT2D eigenvalue weighted by atomic mass is 19.4. The fourth-order valence-electron chi connectivity index (χ4n) is 2.58. The number of anilines is 1. The van der Waals surface area contributed by atoms with Gasteiger partial charge in [0.1, 0.15) is 0 Å². The molecule has 1 aromatic heterocycles. The first kappa shape index (κ1) is 17.7. The molecular weight excluding hydrogens is 343 g/mol. The van der Waals surface area contributed by atoms with Gasteiger partial charge in [0.25, 0.3) is 0 Å². The number of urea groups is 1. The lowest BCUT2D eigenvalue weighted by Gasteiger charge is -2.10. The van der Waals surface area contributed by atoms with Gasteiger partial charge >= 0.3 is 12.2 Å². The lowest BCUT2D eigenvalue weighted by molar-refractivity contribution is -0.137. The van der Waals surface area contributed by atoms with Gasteiger partial charge in [-0.25, -0.2) is 4.79 Å². The molecule has 1 heterocycles. The molecule has 0 atom stereocenters. The standard InChI is InChI=1S/C19H16F3N3O/c20-19(21,22)15-6-4-13(5-7-15)8-11-24-18(26)25-17-3-1-2-14-12-23-10-9-16(14)17/h1-7,9-10,12H,8,11H2,(H2,24,25,26). The van der Waals surface area contributed by atoms with Crippen molar-refractivity contribution in [1.82, 2.24) is 10.3 Å². The van der Waals surface area contributed by atoms with Crippen LogP contribution in [0.1, 0.15) is 11.1 Å².